The summed E-state index contributed by atoms with van der Waals surface area (Å²) in [5.74, 6) is 0.101. The van der Waals surface area contributed by atoms with E-state index < -0.39 is 18.2 Å². The molecule has 2 fully saturated rings. The molecule has 0 saturated carbocycles. The molecular formula is C39H48N6O8. The fourth-order valence-electron chi connectivity index (χ4n) is 7.21. The first-order chi connectivity index (χ1) is 25.6. The van der Waals surface area contributed by atoms with Crippen molar-refractivity contribution in [2.75, 3.05) is 76.4 Å². The Morgan fingerprint density at radius 2 is 1.64 bits per heavy atom. The summed E-state index contributed by atoms with van der Waals surface area (Å²) >= 11 is 0. The van der Waals surface area contributed by atoms with E-state index in [9.17, 15) is 24.3 Å². The van der Waals surface area contributed by atoms with Gasteiger partial charge in [-0.25, -0.2) is 19.4 Å². The van der Waals surface area contributed by atoms with Gasteiger partial charge in [0.05, 0.1) is 12.2 Å². The van der Waals surface area contributed by atoms with Crippen LogP contribution < -0.4 is 10.2 Å². The number of hydrogen-bond donors (Lipinski definition) is 2. The normalized spacial score (nSPS) is 17.1. The van der Waals surface area contributed by atoms with Gasteiger partial charge in [-0.3, -0.25) is 4.79 Å². The van der Waals surface area contributed by atoms with Crippen molar-refractivity contribution in [2.24, 2.45) is 0 Å². The molecule has 1 atom stereocenters. The lowest BCUT2D eigenvalue weighted by Crippen LogP contribution is -2.54. The first-order valence-corrected chi connectivity index (χ1v) is 18.2. The average molecular weight is 729 g/mol. The minimum Gasteiger partial charge on any atom is -0.507 e. The zero-order chi connectivity index (χ0) is 37.5. The smallest absolute Gasteiger partial charge is 0.410 e. The number of ether oxygens (including phenoxy) is 3. The predicted octanol–water partition coefficient (Wildman–Crippen LogP) is 4.16. The molecule has 0 unspecified atom stereocenters. The van der Waals surface area contributed by atoms with E-state index in [1.807, 2.05) is 46.2 Å². The summed E-state index contributed by atoms with van der Waals surface area (Å²) in [5.41, 5.74) is 4.40. The lowest BCUT2D eigenvalue weighted by molar-refractivity contribution is -0.141. The summed E-state index contributed by atoms with van der Waals surface area (Å²) in [4.78, 5) is 64.8. The lowest BCUT2D eigenvalue weighted by atomic mass is 10.0. The second-order valence-corrected chi connectivity index (χ2v) is 13.7. The average Bonchev–Trinajstić information content (AvgIpc) is 3.34. The number of rotatable bonds is 10. The van der Waals surface area contributed by atoms with Gasteiger partial charge in [0, 0.05) is 77.3 Å². The molecule has 4 heterocycles. The van der Waals surface area contributed by atoms with Gasteiger partial charge in [-0.05, 0) is 73.6 Å². The number of likely N-dealkylation sites (tertiary alicyclic amines) is 1. The van der Waals surface area contributed by atoms with Gasteiger partial charge in [-0.15, -0.1) is 0 Å². The summed E-state index contributed by atoms with van der Waals surface area (Å²) in [5, 5.41) is 13.4. The third kappa shape index (κ3) is 8.99. The summed E-state index contributed by atoms with van der Waals surface area (Å²) < 4.78 is 16.1. The monoisotopic (exact) mass is 728 g/mol. The standard InChI is InChI=1S/C39H48N6O8/c1-26-22-28(23-27(2)35(26)46)24-33(36(47)43-18-16-42(17-19-43)34-9-8-30(25-40-34)37(48)52-21-20-51-3)53-39(50)44-13-11-31(12-14-44)45-15-10-29-6-4-5-7-32(29)41-38(45)49/h4-9,22-23,25,31,33,46H,10-21,24H2,1-3H3,(H,41,49)/t33-/m1/s1. The van der Waals surface area contributed by atoms with Crippen molar-refractivity contribution >= 4 is 35.5 Å². The van der Waals surface area contributed by atoms with Crippen LogP contribution in [0.2, 0.25) is 0 Å². The number of aromatic nitrogens is 1. The number of urea groups is 1. The molecule has 2 N–H and O–H groups in total. The molecule has 53 heavy (non-hydrogen) atoms. The molecule has 6 rings (SSSR count). The molecule has 0 aliphatic carbocycles. The topological polar surface area (TPSA) is 154 Å². The number of carbonyl (C=O) groups is 4. The Labute approximate surface area is 309 Å². The van der Waals surface area contributed by atoms with E-state index in [1.165, 1.54) is 13.3 Å². The molecule has 2 saturated heterocycles. The van der Waals surface area contributed by atoms with Crippen LogP contribution in [0, 0.1) is 13.8 Å². The third-order valence-electron chi connectivity index (χ3n) is 10.2. The number of pyridine rings is 1. The van der Waals surface area contributed by atoms with E-state index >= 15 is 0 Å². The quantitative estimate of drug-likeness (QED) is 0.230. The molecule has 14 heteroatoms. The highest BCUT2D eigenvalue weighted by Gasteiger charge is 2.35. The highest BCUT2D eigenvalue weighted by atomic mass is 16.6. The number of carbonyl (C=O) groups excluding carboxylic acids is 4. The highest BCUT2D eigenvalue weighted by molar-refractivity contribution is 5.91. The Morgan fingerprint density at radius 1 is 0.925 bits per heavy atom. The lowest BCUT2D eigenvalue weighted by Gasteiger charge is -2.39. The maximum atomic E-state index is 14.1. The number of nitrogens with one attached hydrogen (secondary N) is 1. The zero-order valence-electron chi connectivity index (χ0n) is 30.6. The number of fused-ring (bicyclic) bond motifs is 1. The summed E-state index contributed by atoms with van der Waals surface area (Å²) in [6.07, 6.45) is 1.93. The number of phenolic OH excluding ortho intramolecular Hbond substituents is 1. The maximum Gasteiger partial charge on any atom is 0.410 e. The fraction of sp³-hybridized carbons (Fsp3) is 0.462. The molecule has 14 nitrogen and oxygen atoms in total. The predicted molar refractivity (Wildman–Crippen MR) is 197 cm³/mol. The molecule has 1 aromatic heterocycles. The van der Waals surface area contributed by atoms with Gasteiger partial charge in [0.25, 0.3) is 5.91 Å². The number of amides is 4. The number of piperazine rings is 1. The Morgan fingerprint density at radius 3 is 2.32 bits per heavy atom. The van der Waals surface area contributed by atoms with E-state index in [0.717, 1.165) is 23.2 Å². The van der Waals surface area contributed by atoms with E-state index in [4.69, 9.17) is 14.2 Å². The van der Waals surface area contributed by atoms with Gasteiger partial charge in [0.1, 0.15) is 18.2 Å². The van der Waals surface area contributed by atoms with Gasteiger partial charge in [-0.2, -0.15) is 0 Å². The Balaban J connectivity index is 1.07. The van der Waals surface area contributed by atoms with Crippen LogP contribution in [0.3, 0.4) is 0 Å². The van der Waals surface area contributed by atoms with Crippen LogP contribution in [-0.4, -0.2) is 127 Å². The van der Waals surface area contributed by atoms with Crippen molar-refractivity contribution in [1.82, 2.24) is 19.7 Å². The second-order valence-electron chi connectivity index (χ2n) is 13.7. The van der Waals surface area contributed by atoms with Crippen LogP contribution in [0.4, 0.5) is 21.1 Å². The van der Waals surface area contributed by atoms with Crippen LogP contribution in [0.1, 0.15) is 45.5 Å². The van der Waals surface area contributed by atoms with Crippen LogP contribution in [-0.2, 0) is 31.8 Å². The minimum atomic E-state index is -1.08. The number of aryl methyl sites for hydroxylation is 2. The summed E-state index contributed by atoms with van der Waals surface area (Å²) in [7, 11) is 1.53. The third-order valence-corrected chi connectivity index (χ3v) is 10.2. The second kappa shape index (κ2) is 17.0. The van der Waals surface area contributed by atoms with Crippen LogP contribution in [0.25, 0.3) is 0 Å². The Kier molecular flexibility index (Phi) is 12.0. The van der Waals surface area contributed by atoms with Crippen molar-refractivity contribution in [3.63, 3.8) is 0 Å². The molecule has 3 aromatic rings. The van der Waals surface area contributed by atoms with Gasteiger partial charge >= 0.3 is 18.1 Å². The highest BCUT2D eigenvalue weighted by Crippen LogP contribution is 2.27. The molecule has 3 aliphatic heterocycles. The largest absolute Gasteiger partial charge is 0.507 e. The summed E-state index contributed by atoms with van der Waals surface area (Å²) in [6.45, 7) is 7.21. The van der Waals surface area contributed by atoms with Crippen LogP contribution >= 0.6 is 0 Å². The molecule has 0 spiro atoms. The van der Waals surface area contributed by atoms with Crippen molar-refractivity contribution in [2.45, 2.75) is 51.7 Å². The zero-order valence-corrected chi connectivity index (χ0v) is 30.6. The Hall–Kier alpha value is -5.37. The number of esters is 1. The van der Waals surface area contributed by atoms with Crippen LogP contribution in [0.15, 0.2) is 54.7 Å². The number of para-hydroxylation sites is 1. The first kappa shape index (κ1) is 37.4. The van der Waals surface area contributed by atoms with Gasteiger partial charge in [-0.1, -0.05) is 30.3 Å². The number of piperidine rings is 1. The van der Waals surface area contributed by atoms with Crippen molar-refractivity contribution in [3.8, 4) is 5.75 Å². The maximum absolute atomic E-state index is 14.1. The number of hydrogen-bond acceptors (Lipinski definition) is 10. The number of methoxy groups -OCH3 is 1. The number of nitrogens with zero attached hydrogens (tertiary/aromatic N) is 5. The minimum absolute atomic E-state index is 0.0227. The van der Waals surface area contributed by atoms with Gasteiger partial charge in [0.15, 0.2) is 6.10 Å². The van der Waals surface area contributed by atoms with E-state index in [1.54, 1.807) is 35.8 Å². The van der Waals surface area contributed by atoms with Crippen molar-refractivity contribution < 1.29 is 38.5 Å². The number of anilines is 2. The molecule has 0 radical (unpaired) electrons. The van der Waals surface area contributed by atoms with Crippen molar-refractivity contribution in [3.05, 3.63) is 82.5 Å². The van der Waals surface area contributed by atoms with Crippen molar-refractivity contribution in [1.29, 1.82) is 0 Å². The Bertz CT molecular complexity index is 1760. The first-order valence-electron chi connectivity index (χ1n) is 18.2. The molecule has 4 amide bonds. The van der Waals surface area contributed by atoms with Gasteiger partial charge < -0.3 is 44.2 Å². The van der Waals surface area contributed by atoms with Gasteiger partial charge in [0.2, 0.25) is 0 Å². The van der Waals surface area contributed by atoms with Crippen LogP contribution in [0.5, 0.6) is 5.75 Å². The van der Waals surface area contributed by atoms with E-state index in [0.29, 0.717) is 87.8 Å². The molecule has 2 aromatic carbocycles. The summed E-state index contributed by atoms with van der Waals surface area (Å²) in [6, 6.07) is 14.7. The molecule has 0 bridgehead atoms. The fourth-order valence-corrected chi connectivity index (χ4v) is 7.21. The van der Waals surface area contributed by atoms with E-state index in [-0.39, 0.29) is 36.8 Å². The number of benzene rings is 2. The molecule has 282 valence electrons. The number of aromatic hydroxyl groups is 1. The van der Waals surface area contributed by atoms with E-state index in [2.05, 4.69) is 10.3 Å². The number of phenols is 1. The molecule has 3 aliphatic rings. The molecular weight excluding hydrogens is 680 g/mol. The SMILES string of the molecule is COCCOC(=O)c1ccc(N2CCN(C(=O)[C@@H](Cc3cc(C)c(O)c(C)c3)OC(=O)N3CCC(N4CCc5ccccc5NC4=O)CC3)CC2)nc1.